The second-order valence-corrected chi connectivity index (χ2v) is 8.19. The van der Waals surface area contributed by atoms with Crippen molar-refractivity contribution in [3.63, 3.8) is 0 Å². The first-order valence-corrected chi connectivity index (χ1v) is 10.2. The van der Waals surface area contributed by atoms with Crippen molar-refractivity contribution in [1.82, 2.24) is 10.0 Å². The summed E-state index contributed by atoms with van der Waals surface area (Å²) in [5, 5.41) is 4.32. The van der Waals surface area contributed by atoms with Gasteiger partial charge in [-0.05, 0) is 52.2 Å². The molecule has 0 N–H and O–H groups in total. The Labute approximate surface area is 171 Å². The van der Waals surface area contributed by atoms with Gasteiger partial charge in [-0.2, -0.15) is 0 Å². The number of amides is 2. The van der Waals surface area contributed by atoms with Gasteiger partial charge in [-0.1, -0.05) is 24.3 Å². The van der Waals surface area contributed by atoms with Crippen LogP contribution in [0.3, 0.4) is 0 Å². The van der Waals surface area contributed by atoms with Crippen molar-refractivity contribution in [2.45, 2.75) is 18.5 Å². The molecule has 7 heteroatoms. The largest absolute Gasteiger partial charge is 0.497 e. The van der Waals surface area contributed by atoms with Crippen LogP contribution in [0.25, 0.3) is 0 Å². The highest BCUT2D eigenvalue weighted by atomic mass is 79.9. The molecule has 2 aromatic rings. The van der Waals surface area contributed by atoms with E-state index in [1.165, 1.54) is 4.90 Å². The summed E-state index contributed by atoms with van der Waals surface area (Å²) < 4.78 is 6.02. The molecule has 0 bridgehead atoms. The molecule has 5 rings (SSSR count). The smallest absolute Gasteiger partial charge is 0.253 e. The monoisotopic (exact) mass is 441 g/mol. The third kappa shape index (κ3) is 2.46. The molecule has 0 unspecified atom stereocenters. The molecular formula is C21H20BrN3O3. The lowest BCUT2D eigenvalue weighted by atomic mass is 9.90. The molecule has 3 fully saturated rings. The fraction of sp³-hybridized carbons (Fsp3) is 0.333. The lowest BCUT2D eigenvalue weighted by Crippen LogP contribution is -2.44. The maximum absolute atomic E-state index is 13.5. The van der Waals surface area contributed by atoms with Crippen LogP contribution < -0.4 is 9.64 Å². The van der Waals surface area contributed by atoms with Gasteiger partial charge in [0.25, 0.3) is 5.91 Å². The fourth-order valence-electron chi connectivity index (χ4n) is 4.78. The SMILES string of the molecule is COc1ccc([C@H]2[C@@H]3C(=O)N(c4ccccc4Br)C(=O)[C@@H]3N3CCCN23)cc1. The van der Waals surface area contributed by atoms with Crippen LogP contribution in [0.1, 0.15) is 18.0 Å². The molecular weight excluding hydrogens is 422 g/mol. The number of fused-ring (bicyclic) bond motifs is 3. The Hall–Kier alpha value is -2.22. The number of ether oxygens (including phenoxy) is 1. The van der Waals surface area contributed by atoms with Gasteiger partial charge in [0.15, 0.2) is 0 Å². The number of carbonyl (C=O) groups is 2. The highest BCUT2D eigenvalue weighted by Crippen LogP contribution is 2.49. The van der Waals surface area contributed by atoms with Crippen molar-refractivity contribution in [2.24, 2.45) is 5.92 Å². The molecule has 6 nitrogen and oxygen atoms in total. The number of imide groups is 1. The number of hydrogen-bond acceptors (Lipinski definition) is 5. The van der Waals surface area contributed by atoms with Crippen LogP contribution in [0.4, 0.5) is 5.69 Å². The van der Waals surface area contributed by atoms with Gasteiger partial charge in [0.05, 0.1) is 24.8 Å². The number of halogens is 1. The number of rotatable bonds is 3. The summed E-state index contributed by atoms with van der Waals surface area (Å²) >= 11 is 3.49. The van der Waals surface area contributed by atoms with Gasteiger partial charge >= 0.3 is 0 Å². The minimum Gasteiger partial charge on any atom is -0.497 e. The Morgan fingerprint density at radius 3 is 2.29 bits per heavy atom. The second kappa shape index (κ2) is 6.69. The lowest BCUT2D eigenvalue weighted by molar-refractivity contribution is -0.126. The van der Waals surface area contributed by atoms with E-state index in [2.05, 4.69) is 25.9 Å². The van der Waals surface area contributed by atoms with Crippen molar-refractivity contribution in [3.05, 3.63) is 58.6 Å². The fourth-order valence-corrected chi connectivity index (χ4v) is 5.25. The minimum atomic E-state index is -0.436. The number of hydrazine groups is 1. The van der Waals surface area contributed by atoms with Crippen LogP contribution in [0.2, 0.25) is 0 Å². The third-order valence-corrected chi connectivity index (χ3v) is 6.63. The number of para-hydroxylation sites is 1. The molecule has 28 heavy (non-hydrogen) atoms. The zero-order valence-corrected chi connectivity index (χ0v) is 17.0. The van der Waals surface area contributed by atoms with Gasteiger partial charge < -0.3 is 4.74 Å². The summed E-state index contributed by atoms with van der Waals surface area (Å²) in [6.07, 6.45) is 0.992. The molecule has 3 saturated heterocycles. The van der Waals surface area contributed by atoms with Crippen LogP contribution >= 0.6 is 15.9 Å². The molecule has 0 radical (unpaired) electrons. The first kappa shape index (κ1) is 17.8. The van der Waals surface area contributed by atoms with E-state index in [4.69, 9.17) is 4.74 Å². The average Bonchev–Trinajstić information content (AvgIpc) is 3.35. The zero-order chi connectivity index (χ0) is 19.4. The maximum Gasteiger partial charge on any atom is 0.253 e. The maximum atomic E-state index is 13.5. The molecule has 144 valence electrons. The van der Waals surface area contributed by atoms with E-state index in [1.54, 1.807) is 7.11 Å². The molecule has 2 aromatic carbocycles. The summed E-state index contributed by atoms with van der Waals surface area (Å²) in [6.45, 7) is 1.66. The van der Waals surface area contributed by atoms with Crippen molar-refractivity contribution in [1.29, 1.82) is 0 Å². The number of methoxy groups -OCH3 is 1. The molecule has 0 spiro atoms. The predicted molar refractivity (Wildman–Crippen MR) is 108 cm³/mol. The number of hydrogen-bond donors (Lipinski definition) is 0. The Bertz CT molecular complexity index is 948. The summed E-state index contributed by atoms with van der Waals surface area (Å²) in [6, 6.07) is 14.6. The number of benzene rings is 2. The molecule has 0 saturated carbocycles. The molecule has 3 aliphatic heterocycles. The first-order chi connectivity index (χ1) is 13.6. The van der Waals surface area contributed by atoms with Crippen molar-refractivity contribution in [3.8, 4) is 5.75 Å². The van der Waals surface area contributed by atoms with Crippen LogP contribution in [0.5, 0.6) is 5.75 Å². The molecule has 2 amide bonds. The lowest BCUT2D eigenvalue weighted by Gasteiger charge is -2.30. The van der Waals surface area contributed by atoms with E-state index in [0.717, 1.165) is 35.3 Å². The number of anilines is 1. The summed E-state index contributed by atoms with van der Waals surface area (Å²) in [5.74, 6) is 0.107. The Kier molecular flexibility index (Phi) is 4.26. The average molecular weight is 442 g/mol. The van der Waals surface area contributed by atoms with Gasteiger partial charge in [0.1, 0.15) is 11.8 Å². The van der Waals surface area contributed by atoms with Crippen LogP contribution in [-0.2, 0) is 9.59 Å². The quantitative estimate of drug-likeness (QED) is 0.685. The van der Waals surface area contributed by atoms with E-state index in [1.807, 2.05) is 48.5 Å². The highest BCUT2D eigenvalue weighted by Gasteiger charge is 2.62. The van der Waals surface area contributed by atoms with E-state index < -0.39 is 12.0 Å². The minimum absolute atomic E-state index is 0.128. The number of nitrogens with zero attached hydrogens (tertiary/aromatic N) is 3. The standard InChI is InChI=1S/C21H20BrN3O3/c1-28-14-9-7-13(8-10-14)18-17-19(24-12-4-11-23(18)24)21(27)25(20(17)26)16-6-3-2-5-15(16)22/h2-3,5-10,17-19H,4,11-12H2,1H3/t17-,18-,19+/m0/s1. The normalized spacial score (nSPS) is 27.4. The van der Waals surface area contributed by atoms with Crippen LogP contribution in [0.15, 0.2) is 53.0 Å². The van der Waals surface area contributed by atoms with E-state index in [-0.39, 0.29) is 17.9 Å². The van der Waals surface area contributed by atoms with Crippen molar-refractivity contribution < 1.29 is 14.3 Å². The van der Waals surface area contributed by atoms with Gasteiger partial charge in [-0.3, -0.25) is 9.59 Å². The molecule has 3 aliphatic rings. The van der Waals surface area contributed by atoms with E-state index in [0.29, 0.717) is 5.69 Å². The van der Waals surface area contributed by atoms with Gasteiger partial charge in [-0.15, -0.1) is 0 Å². The van der Waals surface area contributed by atoms with Crippen LogP contribution in [-0.4, -0.2) is 48.1 Å². The second-order valence-electron chi connectivity index (χ2n) is 7.33. The van der Waals surface area contributed by atoms with Gasteiger partial charge in [-0.25, -0.2) is 14.9 Å². The zero-order valence-electron chi connectivity index (χ0n) is 15.4. The van der Waals surface area contributed by atoms with Gasteiger partial charge in [0, 0.05) is 17.6 Å². The summed E-state index contributed by atoms with van der Waals surface area (Å²) in [7, 11) is 1.64. The Morgan fingerprint density at radius 1 is 0.929 bits per heavy atom. The van der Waals surface area contributed by atoms with E-state index >= 15 is 0 Å². The van der Waals surface area contributed by atoms with E-state index in [9.17, 15) is 9.59 Å². The summed E-state index contributed by atoms with van der Waals surface area (Å²) in [4.78, 5) is 28.2. The predicted octanol–water partition coefficient (Wildman–Crippen LogP) is 2.99. The van der Waals surface area contributed by atoms with Crippen molar-refractivity contribution in [2.75, 3.05) is 25.1 Å². The Morgan fingerprint density at radius 2 is 1.61 bits per heavy atom. The molecule has 0 aliphatic carbocycles. The van der Waals surface area contributed by atoms with Crippen molar-refractivity contribution >= 4 is 33.4 Å². The Balaban J connectivity index is 1.58. The number of carbonyl (C=O) groups excluding carboxylic acids is 2. The van der Waals surface area contributed by atoms with Crippen LogP contribution in [0, 0.1) is 5.92 Å². The molecule has 0 aromatic heterocycles. The third-order valence-electron chi connectivity index (χ3n) is 5.96. The molecule has 3 atom stereocenters. The summed E-state index contributed by atoms with van der Waals surface area (Å²) in [5.41, 5.74) is 1.65. The van der Waals surface area contributed by atoms with Gasteiger partial charge in [0.2, 0.25) is 5.91 Å². The molecule has 3 heterocycles. The highest BCUT2D eigenvalue weighted by molar-refractivity contribution is 9.10. The first-order valence-electron chi connectivity index (χ1n) is 9.41. The topological polar surface area (TPSA) is 53.1 Å².